The van der Waals surface area contributed by atoms with Crippen LogP contribution in [-0.4, -0.2) is 40.6 Å². The van der Waals surface area contributed by atoms with E-state index in [2.05, 4.69) is 30.4 Å². The van der Waals surface area contributed by atoms with E-state index in [1.54, 1.807) is 6.07 Å². The number of amides is 1. The van der Waals surface area contributed by atoms with Gasteiger partial charge in [-0.05, 0) is 42.3 Å². The van der Waals surface area contributed by atoms with Crippen molar-refractivity contribution in [2.75, 3.05) is 11.1 Å². The number of carbonyl (C=O) groups is 1. The summed E-state index contributed by atoms with van der Waals surface area (Å²) >= 11 is 0. The van der Waals surface area contributed by atoms with Crippen LogP contribution >= 0.6 is 0 Å². The molecule has 5 aromatic rings. The molecule has 0 saturated heterocycles. The summed E-state index contributed by atoms with van der Waals surface area (Å²) in [5, 5.41) is 26.0. The average Bonchev–Trinajstić information content (AvgIpc) is 3.46. The van der Waals surface area contributed by atoms with E-state index in [0.29, 0.717) is 16.9 Å². The molecule has 4 heterocycles. The van der Waals surface area contributed by atoms with E-state index in [0.717, 1.165) is 18.2 Å². The van der Waals surface area contributed by atoms with Crippen molar-refractivity contribution in [2.24, 2.45) is 0 Å². The molecule has 0 aliphatic carbocycles. The molecule has 0 fully saturated rings. The van der Waals surface area contributed by atoms with Crippen LogP contribution in [0.25, 0.3) is 17.2 Å². The molecule has 1 amide bonds. The summed E-state index contributed by atoms with van der Waals surface area (Å²) in [5.41, 5.74) is 5.46. The molecule has 0 spiro atoms. The van der Waals surface area contributed by atoms with Crippen molar-refractivity contribution < 1.29 is 23.1 Å². The van der Waals surface area contributed by atoms with Crippen molar-refractivity contribution in [3.63, 3.8) is 0 Å². The van der Waals surface area contributed by atoms with Gasteiger partial charge in [0.1, 0.15) is 63.9 Å². The number of aromatic nitrogens is 6. The van der Waals surface area contributed by atoms with Gasteiger partial charge in [-0.3, -0.25) is 4.79 Å². The van der Waals surface area contributed by atoms with Gasteiger partial charge in [0.15, 0.2) is 11.5 Å². The third-order valence-electron chi connectivity index (χ3n) is 6.74. The molecule has 11 nitrogen and oxygen atoms in total. The molecule has 14 heteroatoms. The largest absolute Gasteiger partial charge is 0.506 e. The fourth-order valence-corrected chi connectivity index (χ4v) is 4.81. The first-order valence-corrected chi connectivity index (χ1v) is 11.7. The number of carbonyl (C=O) groups excluding carboxylic acids is 1. The average molecular weight is 543 g/mol. The van der Waals surface area contributed by atoms with E-state index in [1.165, 1.54) is 36.1 Å². The predicted octanol–water partition coefficient (Wildman–Crippen LogP) is 3.01. The van der Waals surface area contributed by atoms with E-state index in [4.69, 9.17) is 11.0 Å². The molecule has 2 aromatic carbocycles. The Kier molecular flexibility index (Phi) is 5.40. The maximum atomic E-state index is 14.5. The molecule has 0 saturated carbocycles. The van der Waals surface area contributed by atoms with E-state index >= 15 is 0 Å². The zero-order valence-corrected chi connectivity index (χ0v) is 20.4. The van der Waals surface area contributed by atoms with E-state index in [-0.39, 0.29) is 40.7 Å². The second-order valence-corrected chi connectivity index (χ2v) is 9.25. The molecule has 0 radical (unpaired) electrons. The zero-order chi connectivity index (χ0) is 28.3. The highest BCUT2D eigenvalue weighted by Crippen LogP contribution is 2.46. The number of nitrogens with one attached hydrogen (secondary N) is 1. The Hall–Kier alpha value is -5.58. The summed E-state index contributed by atoms with van der Waals surface area (Å²) in [6.07, 6.45) is 2.77. The van der Waals surface area contributed by atoms with Crippen molar-refractivity contribution >= 4 is 23.2 Å². The van der Waals surface area contributed by atoms with E-state index < -0.39 is 40.1 Å². The van der Waals surface area contributed by atoms with Crippen molar-refractivity contribution in [3.05, 3.63) is 88.3 Å². The Morgan fingerprint density at radius 1 is 1.12 bits per heavy atom. The number of halogens is 3. The Morgan fingerprint density at radius 3 is 2.58 bits per heavy atom. The molecule has 4 N–H and O–H groups in total. The molecule has 1 atom stereocenters. The van der Waals surface area contributed by atoms with Gasteiger partial charge in [0.25, 0.3) is 0 Å². The molecule has 1 aliphatic rings. The summed E-state index contributed by atoms with van der Waals surface area (Å²) in [7, 11) is 0. The van der Waals surface area contributed by atoms with Gasteiger partial charge in [0.2, 0.25) is 5.91 Å². The monoisotopic (exact) mass is 543 g/mol. The SMILES string of the molecule is CC1(c2cc(O)c(C#N)c(F)c2)C(=O)Nc2nc(-c3cn4ncnc4c(Cc4cc(F)cc(F)c4)n3)nc(N)c21. The van der Waals surface area contributed by atoms with Crippen LogP contribution in [0.3, 0.4) is 0 Å². The van der Waals surface area contributed by atoms with Gasteiger partial charge < -0.3 is 16.2 Å². The minimum Gasteiger partial charge on any atom is -0.506 e. The van der Waals surface area contributed by atoms with Gasteiger partial charge in [0, 0.05) is 12.5 Å². The van der Waals surface area contributed by atoms with Crippen LogP contribution in [0, 0.1) is 28.8 Å². The number of rotatable bonds is 4. The highest BCUT2D eigenvalue weighted by Gasteiger charge is 2.48. The van der Waals surface area contributed by atoms with Crippen LogP contribution < -0.4 is 11.1 Å². The summed E-state index contributed by atoms with van der Waals surface area (Å²) in [6, 6.07) is 6.77. The fourth-order valence-electron chi connectivity index (χ4n) is 4.81. The van der Waals surface area contributed by atoms with Gasteiger partial charge in [0.05, 0.1) is 17.5 Å². The number of nitrogens with two attached hydrogens (primary N) is 1. The lowest BCUT2D eigenvalue weighted by Gasteiger charge is -2.24. The lowest BCUT2D eigenvalue weighted by atomic mass is 9.77. The number of fused-ring (bicyclic) bond motifs is 2. The Balaban J connectivity index is 1.46. The van der Waals surface area contributed by atoms with Gasteiger partial charge in [-0.25, -0.2) is 37.6 Å². The summed E-state index contributed by atoms with van der Waals surface area (Å²) in [5.74, 6) is -3.83. The standard InChI is InChI=1S/C26H16F3N9O2/c1-26(12-5-16(29)15(8-30)19(39)6-12)20-21(31)35-22(36-23(20)37-25(26)40)18-9-38-24(32-10-33-38)17(34-18)4-11-2-13(27)7-14(28)3-11/h2-3,5-7,9-10,39H,4H2,1H3,(H3,31,35,36,37,40). The highest BCUT2D eigenvalue weighted by atomic mass is 19.1. The lowest BCUT2D eigenvalue weighted by molar-refractivity contribution is -0.119. The number of hydrogen-bond donors (Lipinski definition) is 3. The molecule has 198 valence electrons. The van der Waals surface area contributed by atoms with Gasteiger partial charge >= 0.3 is 0 Å². The number of nitriles is 1. The molecule has 1 aliphatic heterocycles. The van der Waals surface area contributed by atoms with Crippen molar-refractivity contribution in [3.8, 4) is 23.3 Å². The maximum Gasteiger partial charge on any atom is 0.240 e. The van der Waals surface area contributed by atoms with E-state index in [9.17, 15) is 23.1 Å². The number of benzene rings is 2. The van der Waals surface area contributed by atoms with Gasteiger partial charge in [-0.15, -0.1) is 0 Å². The Morgan fingerprint density at radius 2 is 1.88 bits per heavy atom. The van der Waals surface area contributed by atoms with Gasteiger partial charge in [-0.2, -0.15) is 10.4 Å². The minimum atomic E-state index is -1.60. The first kappa shape index (κ1) is 24.7. The van der Waals surface area contributed by atoms with Crippen LogP contribution in [-0.2, 0) is 16.6 Å². The normalized spacial score (nSPS) is 16.1. The number of nitrogen functional groups attached to an aromatic ring is 1. The molecule has 1 unspecified atom stereocenters. The third kappa shape index (κ3) is 3.75. The summed E-state index contributed by atoms with van der Waals surface area (Å²) in [4.78, 5) is 30.7. The number of phenols is 1. The highest BCUT2D eigenvalue weighted by molar-refractivity contribution is 6.09. The summed E-state index contributed by atoms with van der Waals surface area (Å²) < 4.78 is 43.5. The number of anilines is 2. The van der Waals surface area contributed by atoms with Crippen LogP contribution in [0.2, 0.25) is 0 Å². The second kappa shape index (κ2) is 8.73. The maximum absolute atomic E-state index is 14.5. The van der Waals surface area contributed by atoms with Crippen LogP contribution in [0.5, 0.6) is 5.75 Å². The molecule has 40 heavy (non-hydrogen) atoms. The fraction of sp³-hybridized carbons (Fsp3) is 0.115. The van der Waals surface area contributed by atoms with Crippen molar-refractivity contribution in [1.29, 1.82) is 5.26 Å². The molecular formula is C26H16F3N9O2. The molecule has 0 bridgehead atoms. The van der Waals surface area contributed by atoms with E-state index in [1.807, 2.05) is 0 Å². The Bertz CT molecular complexity index is 1890. The molecular weight excluding hydrogens is 527 g/mol. The smallest absolute Gasteiger partial charge is 0.240 e. The van der Waals surface area contributed by atoms with Crippen LogP contribution in [0.1, 0.15) is 34.9 Å². The quantitative estimate of drug-likeness (QED) is 0.309. The van der Waals surface area contributed by atoms with Crippen molar-refractivity contribution in [2.45, 2.75) is 18.8 Å². The first-order chi connectivity index (χ1) is 19.1. The number of hydrogen-bond acceptors (Lipinski definition) is 9. The summed E-state index contributed by atoms with van der Waals surface area (Å²) in [6.45, 7) is 1.46. The number of phenolic OH excluding ortho intramolecular Hbond substituents is 1. The minimum absolute atomic E-state index is 0.00118. The lowest BCUT2D eigenvalue weighted by Crippen LogP contribution is -2.33. The number of aromatic hydroxyl groups is 1. The molecule has 6 rings (SSSR count). The first-order valence-electron chi connectivity index (χ1n) is 11.7. The van der Waals surface area contributed by atoms with Crippen LogP contribution in [0.4, 0.5) is 24.8 Å². The topological polar surface area (TPSA) is 168 Å². The third-order valence-corrected chi connectivity index (χ3v) is 6.74. The van der Waals surface area contributed by atoms with Crippen molar-refractivity contribution in [1.82, 2.24) is 29.5 Å². The predicted molar refractivity (Wildman–Crippen MR) is 133 cm³/mol. The van der Waals surface area contributed by atoms with Crippen LogP contribution in [0.15, 0.2) is 42.9 Å². The zero-order valence-electron chi connectivity index (χ0n) is 20.4. The number of nitrogens with zero attached hydrogens (tertiary/aromatic N) is 7. The Labute approximate surface area is 222 Å². The molecule has 3 aromatic heterocycles. The van der Waals surface area contributed by atoms with Gasteiger partial charge in [-0.1, -0.05) is 0 Å². The second-order valence-electron chi connectivity index (χ2n) is 9.25.